The summed E-state index contributed by atoms with van der Waals surface area (Å²) in [6.07, 6.45) is 2.12. The molecular weight excluding hydrogens is 196 g/mol. The molecule has 2 heteroatoms. The minimum atomic E-state index is -0.108. The van der Waals surface area contributed by atoms with Gasteiger partial charge < -0.3 is 10.6 Å². The number of aryl methyl sites for hydroxylation is 2. The lowest BCUT2D eigenvalue weighted by atomic mass is 9.81. The molecule has 1 aliphatic heterocycles. The fourth-order valence-electron chi connectivity index (χ4n) is 2.57. The number of nitrogens with two attached hydrogens (primary N) is 1. The maximum Gasteiger partial charge on any atom is 0.0434 e. The van der Waals surface area contributed by atoms with E-state index in [0.29, 0.717) is 0 Å². The third-order valence-electron chi connectivity index (χ3n) is 3.68. The van der Waals surface area contributed by atoms with E-state index >= 15 is 0 Å². The van der Waals surface area contributed by atoms with Gasteiger partial charge in [0.25, 0.3) is 0 Å². The topological polar surface area (TPSA) is 29.3 Å². The monoisotopic (exact) mass is 218 g/mol. The van der Waals surface area contributed by atoms with Crippen LogP contribution >= 0.6 is 0 Å². The molecule has 1 aromatic rings. The maximum absolute atomic E-state index is 6.55. The summed E-state index contributed by atoms with van der Waals surface area (Å²) in [6.45, 7) is 6.50. The van der Waals surface area contributed by atoms with Gasteiger partial charge in [-0.05, 0) is 52.4 Å². The highest BCUT2D eigenvalue weighted by atomic mass is 15.1. The number of hydrogen-bond acceptors (Lipinski definition) is 2. The lowest BCUT2D eigenvalue weighted by Crippen LogP contribution is -2.47. The maximum atomic E-state index is 6.55. The van der Waals surface area contributed by atoms with E-state index in [0.717, 1.165) is 25.9 Å². The van der Waals surface area contributed by atoms with Gasteiger partial charge in [0.2, 0.25) is 0 Å². The molecule has 1 aliphatic rings. The van der Waals surface area contributed by atoms with E-state index in [9.17, 15) is 0 Å². The van der Waals surface area contributed by atoms with Gasteiger partial charge in [-0.1, -0.05) is 29.3 Å². The summed E-state index contributed by atoms with van der Waals surface area (Å²) in [7, 11) is 2.17. The van der Waals surface area contributed by atoms with Crippen LogP contribution in [0.25, 0.3) is 0 Å². The van der Waals surface area contributed by atoms with Gasteiger partial charge in [0, 0.05) is 5.54 Å². The van der Waals surface area contributed by atoms with Gasteiger partial charge in [-0.2, -0.15) is 0 Å². The lowest BCUT2D eigenvalue weighted by Gasteiger charge is -2.38. The Morgan fingerprint density at radius 3 is 2.06 bits per heavy atom. The zero-order chi connectivity index (χ0) is 11.8. The van der Waals surface area contributed by atoms with Crippen molar-refractivity contribution < 1.29 is 0 Å². The third kappa shape index (κ3) is 2.28. The van der Waals surface area contributed by atoms with Crippen LogP contribution in [0.3, 0.4) is 0 Å². The molecule has 0 spiro atoms. The van der Waals surface area contributed by atoms with E-state index in [2.05, 4.69) is 44.0 Å². The Morgan fingerprint density at radius 1 is 1.06 bits per heavy atom. The predicted octanol–water partition coefficient (Wildman–Crippen LogP) is 2.18. The summed E-state index contributed by atoms with van der Waals surface area (Å²) in [5.74, 6) is 0. The van der Waals surface area contributed by atoms with E-state index in [1.165, 1.54) is 16.7 Å². The number of nitrogens with zero attached hydrogens (tertiary/aromatic N) is 1. The summed E-state index contributed by atoms with van der Waals surface area (Å²) >= 11 is 0. The van der Waals surface area contributed by atoms with Crippen molar-refractivity contribution in [3.63, 3.8) is 0 Å². The van der Waals surface area contributed by atoms with Crippen LogP contribution in [-0.4, -0.2) is 25.0 Å². The molecule has 0 aromatic heterocycles. The van der Waals surface area contributed by atoms with Crippen molar-refractivity contribution >= 4 is 0 Å². The molecule has 0 aliphatic carbocycles. The molecule has 1 heterocycles. The average Bonchev–Trinajstić information content (AvgIpc) is 2.21. The highest BCUT2D eigenvalue weighted by Crippen LogP contribution is 2.30. The van der Waals surface area contributed by atoms with Crippen molar-refractivity contribution in [3.05, 3.63) is 34.9 Å². The Morgan fingerprint density at radius 2 is 1.56 bits per heavy atom. The Kier molecular flexibility index (Phi) is 3.04. The largest absolute Gasteiger partial charge is 0.321 e. The average molecular weight is 218 g/mol. The normalized spacial score (nSPS) is 21.0. The van der Waals surface area contributed by atoms with Crippen LogP contribution in [0.4, 0.5) is 0 Å². The van der Waals surface area contributed by atoms with Crippen molar-refractivity contribution in [2.45, 2.75) is 32.2 Å². The fraction of sp³-hybridized carbons (Fsp3) is 0.571. The number of likely N-dealkylation sites (tertiary alicyclic amines) is 1. The second kappa shape index (κ2) is 4.19. The van der Waals surface area contributed by atoms with Crippen LogP contribution in [0.5, 0.6) is 0 Å². The molecule has 1 fully saturated rings. The summed E-state index contributed by atoms with van der Waals surface area (Å²) in [4.78, 5) is 2.35. The van der Waals surface area contributed by atoms with Gasteiger partial charge in [-0.3, -0.25) is 0 Å². The molecule has 0 bridgehead atoms. The van der Waals surface area contributed by atoms with Crippen molar-refractivity contribution in [1.29, 1.82) is 0 Å². The Balaban J connectivity index is 2.28. The Labute approximate surface area is 98.4 Å². The molecule has 88 valence electrons. The first-order valence-corrected chi connectivity index (χ1v) is 6.06. The van der Waals surface area contributed by atoms with Gasteiger partial charge in [-0.25, -0.2) is 0 Å². The van der Waals surface area contributed by atoms with Gasteiger partial charge >= 0.3 is 0 Å². The first-order valence-electron chi connectivity index (χ1n) is 6.06. The number of piperidine rings is 1. The standard InChI is InChI=1S/C14H22N2/c1-11-8-12(2)10-13(9-11)14(15)4-6-16(3)7-5-14/h8-10H,4-7,15H2,1-3H3. The summed E-state index contributed by atoms with van der Waals surface area (Å²) in [5.41, 5.74) is 10.4. The SMILES string of the molecule is Cc1cc(C)cc(C2(N)CCN(C)CC2)c1. The van der Waals surface area contributed by atoms with Crippen molar-refractivity contribution in [2.75, 3.05) is 20.1 Å². The van der Waals surface area contributed by atoms with Crippen LogP contribution in [0, 0.1) is 13.8 Å². The second-order valence-electron chi connectivity index (χ2n) is 5.34. The van der Waals surface area contributed by atoms with Gasteiger partial charge in [0.05, 0.1) is 0 Å². The molecule has 2 N–H and O–H groups in total. The summed E-state index contributed by atoms with van der Waals surface area (Å²) < 4.78 is 0. The van der Waals surface area contributed by atoms with Crippen molar-refractivity contribution in [2.24, 2.45) is 5.73 Å². The molecule has 0 amide bonds. The van der Waals surface area contributed by atoms with Crippen LogP contribution in [-0.2, 0) is 5.54 Å². The van der Waals surface area contributed by atoms with E-state index in [1.54, 1.807) is 0 Å². The molecule has 2 rings (SSSR count). The van der Waals surface area contributed by atoms with Crippen molar-refractivity contribution in [3.8, 4) is 0 Å². The summed E-state index contributed by atoms with van der Waals surface area (Å²) in [5, 5.41) is 0. The van der Waals surface area contributed by atoms with Crippen LogP contribution in [0.1, 0.15) is 29.5 Å². The molecule has 0 atom stereocenters. The lowest BCUT2D eigenvalue weighted by molar-refractivity contribution is 0.191. The van der Waals surface area contributed by atoms with E-state index in [4.69, 9.17) is 5.73 Å². The molecule has 0 saturated carbocycles. The second-order valence-corrected chi connectivity index (χ2v) is 5.34. The van der Waals surface area contributed by atoms with Crippen LogP contribution in [0.15, 0.2) is 18.2 Å². The zero-order valence-electron chi connectivity index (χ0n) is 10.6. The highest BCUT2D eigenvalue weighted by Gasteiger charge is 2.31. The number of rotatable bonds is 1. The molecule has 1 saturated heterocycles. The third-order valence-corrected chi connectivity index (χ3v) is 3.68. The minimum Gasteiger partial charge on any atom is -0.321 e. The fourth-order valence-corrected chi connectivity index (χ4v) is 2.57. The molecular formula is C14H22N2. The summed E-state index contributed by atoms with van der Waals surface area (Å²) in [6, 6.07) is 6.71. The molecule has 16 heavy (non-hydrogen) atoms. The Bertz CT molecular complexity index is 356. The molecule has 0 radical (unpaired) electrons. The molecule has 1 aromatic carbocycles. The Hall–Kier alpha value is -0.860. The van der Waals surface area contributed by atoms with E-state index in [1.807, 2.05) is 0 Å². The van der Waals surface area contributed by atoms with Crippen LogP contribution in [0.2, 0.25) is 0 Å². The smallest absolute Gasteiger partial charge is 0.0434 e. The van der Waals surface area contributed by atoms with Gasteiger partial charge in [0.15, 0.2) is 0 Å². The van der Waals surface area contributed by atoms with Crippen molar-refractivity contribution in [1.82, 2.24) is 4.90 Å². The molecule has 0 unspecified atom stereocenters. The van der Waals surface area contributed by atoms with E-state index < -0.39 is 0 Å². The highest BCUT2D eigenvalue weighted by molar-refractivity contribution is 5.33. The van der Waals surface area contributed by atoms with Gasteiger partial charge in [0.1, 0.15) is 0 Å². The predicted molar refractivity (Wildman–Crippen MR) is 68.5 cm³/mol. The first-order chi connectivity index (χ1) is 7.49. The zero-order valence-corrected chi connectivity index (χ0v) is 10.6. The molecule has 2 nitrogen and oxygen atoms in total. The first kappa shape index (κ1) is 11.6. The van der Waals surface area contributed by atoms with E-state index in [-0.39, 0.29) is 5.54 Å². The quantitative estimate of drug-likeness (QED) is 0.783. The number of benzene rings is 1. The van der Waals surface area contributed by atoms with Gasteiger partial charge in [-0.15, -0.1) is 0 Å². The minimum absolute atomic E-state index is 0.108. The van der Waals surface area contributed by atoms with Crippen LogP contribution < -0.4 is 5.73 Å². The number of hydrogen-bond donors (Lipinski definition) is 1.